The van der Waals surface area contributed by atoms with Gasteiger partial charge in [-0.2, -0.15) is 0 Å². The van der Waals surface area contributed by atoms with E-state index in [0.29, 0.717) is 19.3 Å². The molecule has 23 heavy (non-hydrogen) atoms. The molecule has 1 saturated carbocycles. The molecule has 0 saturated heterocycles. The van der Waals surface area contributed by atoms with Crippen molar-refractivity contribution in [1.29, 1.82) is 0 Å². The Labute approximate surface area is 156 Å². The van der Waals surface area contributed by atoms with Crippen LogP contribution in [0.5, 0.6) is 5.75 Å². The lowest BCUT2D eigenvalue weighted by atomic mass is 10.2. The molecule has 5 nitrogen and oxygen atoms in total. The second-order valence-electron chi connectivity index (χ2n) is 5.49. The first-order valence-corrected chi connectivity index (χ1v) is 8.00. The highest BCUT2D eigenvalue weighted by molar-refractivity contribution is 14.0. The molecule has 0 bridgehead atoms. The topological polar surface area (TPSA) is 54.9 Å². The van der Waals surface area contributed by atoms with E-state index in [1.807, 2.05) is 24.3 Å². The zero-order valence-corrected chi connectivity index (χ0v) is 16.3. The van der Waals surface area contributed by atoms with Gasteiger partial charge < -0.3 is 20.1 Å². The number of nitrogens with zero attached hydrogens (tertiary/aromatic N) is 1. The van der Waals surface area contributed by atoms with Gasteiger partial charge in [-0.3, -0.25) is 4.99 Å². The Balaban J connectivity index is 0.00000264. The first-order valence-electron chi connectivity index (χ1n) is 8.00. The number of benzene rings is 1. The van der Waals surface area contributed by atoms with Crippen molar-refractivity contribution in [3.05, 3.63) is 29.8 Å². The summed E-state index contributed by atoms with van der Waals surface area (Å²) in [6.07, 6.45) is 5.11. The molecule has 0 unspecified atom stereocenters. The Morgan fingerprint density at radius 2 is 2.00 bits per heavy atom. The van der Waals surface area contributed by atoms with Gasteiger partial charge in [-0.25, -0.2) is 0 Å². The van der Waals surface area contributed by atoms with E-state index >= 15 is 0 Å². The lowest BCUT2D eigenvalue weighted by molar-refractivity contribution is 0.123. The summed E-state index contributed by atoms with van der Waals surface area (Å²) in [4.78, 5) is 4.25. The van der Waals surface area contributed by atoms with Crippen LogP contribution in [0, 0.1) is 0 Å². The van der Waals surface area contributed by atoms with Gasteiger partial charge in [0.05, 0.1) is 20.3 Å². The highest BCUT2D eigenvalue weighted by atomic mass is 127. The monoisotopic (exact) mass is 433 g/mol. The standard InChI is InChI=1S/C17H27N3O2.HI/c1-18-17(20-15-8-4-5-9-15)19-11-12-22-13-14-7-3-6-10-16(14)21-2;/h3,6-7,10,15H,4-5,8-9,11-13H2,1-2H3,(H2,18,19,20);1H. The summed E-state index contributed by atoms with van der Waals surface area (Å²) in [5.41, 5.74) is 1.07. The van der Waals surface area contributed by atoms with Crippen LogP contribution in [0.15, 0.2) is 29.3 Å². The van der Waals surface area contributed by atoms with Gasteiger partial charge in [-0.05, 0) is 18.9 Å². The summed E-state index contributed by atoms with van der Waals surface area (Å²) >= 11 is 0. The Morgan fingerprint density at radius 3 is 2.70 bits per heavy atom. The van der Waals surface area contributed by atoms with E-state index in [1.54, 1.807) is 14.2 Å². The maximum Gasteiger partial charge on any atom is 0.191 e. The fourth-order valence-corrected chi connectivity index (χ4v) is 2.70. The predicted molar refractivity (Wildman–Crippen MR) is 105 cm³/mol. The fourth-order valence-electron chi connectivity index (χ4n) is 2.70. The molecule has 2 N–H and O–H groups in total. The van der Waals surface area contributed by atoms with E-state index in [4.69, 9.17) is 9.47 Å². The van der Waals surface area contributed by atoms with Crippen LogP contribution >= 0.6 is 24.0 Å². The summed E-state index contributed by atoms with van der Waals surface area (Å²) in [6, 6.07) is 8.49. The average Bonchev–Trinajstić information content (AvgIpc) is 3.06. The first-order chi connectivity index (χ1) is 10.8. The summed E-state index contributed by atoms with van der Waals surface area (Å²) in [6.45, 7) is 1.92. The molecule has 0 atom stereocenters. The van der Waals surface area contributed by atoms with E-state index in [-0.39, 0.29) is 24.0 Å². The minimum absolute atomic E-state index is 0. The van der Waals surface area contributed by atoms with E-state index in [0.717, 1.165) is 23.8 Å². The maximum atomic E-state index is 5.70. The molecule has 2 rings (SSSR count). The van der Waals surface area contributed by atoms with Gasteiger partial charge in [0.25, 0.3) is 0 Å². The van der Waals surface area contributed by atoms with Crippen LogP contribution in [0.3, 0.4) is 0 Å². The van der Waals surface area contributed by atoms with E-state index in [1.165, 1.54) is 25.7 Å². The summed E-state index contributed by atoms with van der Waals surface area (Å²) < 4.78 is 11.0. The quantitative estimate of drug-likeness (QED) is 0.301. The molecule has 1 aromatic rings. The predicted octanol–water partition coefficient (Wildman–Crippen LogP) is 2.94. The van der Waals surface area contributed by atoms with E-state index < -0.39 is 0 Å². The maximum absolute atomic E-state index is 5.70. The number of methoxy groups -OCH3 is 1. The van der Waals surface area contributed by atoms with Gasteiger partial charge in [0.2, 0.25) is 0 Å². The summed E-state index contributed by atoms with van der Waals surface area (Å²) in [7, 11) is 3.49. The number of ether oxygens (including phenoxy) is 2. The highest BCUT2D eigenvalue weighted by Gasteiger charge is 2.15. The minimum atomic E-state index is 0. The highest BCUT2D eigenvalue weighted by Crippen LogP contribution is 2.18. The van der Waals surface area contributed by atoms with Crippen LogP contribution in [0.1, 0.15) is 31.2 Å². The Kier molecular flexibility index (Phi) is 10.0. The van der Waals surface area contributed by atoms with Crippen molar-refractivity contribution in [2.75, 3.05) is 27.3 Å². The smallest absolute Gasteiger partial charge is 0.191 e. The van der Waals surface area contributed by atoms with Crippen LogP contribution in [0.25, 0.3) is 0 Å². The molecule has 1 aliphatic carbocycles. The second-order valence-corrected chi connectivity index (χ2v) is 5.49. The van der Waals surface area contributed by atoms with Crippen LogP contribution < -0.4 is 15.4 Å². The number of halogens is 1. The van der Waals surface area contributed by atoms with Gasteiger partial charge in [0.1, 0.15) is 5.75 Å². The summed E-state index contributed by atoms with van der Waals surface area (Å²) in [5.74, 6) is 1.74. The third-order valence-corrected chi connectivity index (χ3v) is 3.91. The van der Waals surface area contributed by atoms with Crippen LogP contribution in [-0.4, -0.2) is 39.3 Å². The van der Waals surface area contributed by atoms with Crippen molar-refractivity contribution in [3.63, 3.8) is 0 Å². The van der Waals surface area contributed by atoms with E-state index in [9.17, 15) is 0 Å². The molecule has 0 radical (unpaired) electrons. The number of rotatable bonds is 7. The zero-order chi connectivity index (χ0) is 15.6. The van der Waals surface area contributed by atoms with Crippen molar-refractivity contribution in [2.45, 2.75) is 38.3 Å². The number of hydrogen-bond donors (Lipinski definition) is 2. The molecular weight excluding hydrogens is 405 g/mol. The molecular formula is C17H28IN3O2. The molecule has 6 heteroatoms. The lowest BCUT2D eigenvalue weighted by Crippen LogP contribution is -2.43. The SMILES string of the molecule is CN=C(NCCOCc1ccccc1OC)NC1CCCC1.I. The largest absolute Gasteiger partial charge is 0.496 e. The Bertz CT molecular complexity index is 477. The number of aliphatic imine (C=N–C) groups is 1. The van der Waals surface area contributed by atoms with Gasteiger partial charge in [-0.15, -0.1) is 24.0 Å². The number of para-hydroxylation sites is 1. The van der Waals surface area contributed by atoms with Crippen molar-refractivity contribution in [2.24, 2.45) is 4.99 Å². The molecule has 0 spiro atoms. The van der Waals surface area contributed by atoms with Crippen molar-refractivity contribution in [3.8, 4) is 5.75 Å². The molecule has 0 amide bonds. The molecule has 0 heterocycles. The first kappa shape index (κ1) is 20.0. The molecule has 0 aromatic heterocycles. The van der Waals surface area contributed by atoms with E-state index in [2.05, 4.69) is 15.6 Å². The van der Waals surface area contributed by atoms with Crippen molar-refractivity contribution >= 4 is 29.9 Å². The third-order valence-electron chi connectivity index (χ3n) is 3.91. The average molecular weight is 433 g/mol. The lowest BCUT2D eigenvalue weighted by Gasteiger charge is -2.17. The van der Waals surface area contributed by atoms with Gasteiger partial charge in [-0.1, -0.05) is 31.0 Å². The van der Waals surface area contributed by atoms with Gasteiger partial charge >= 0.3 is 0 Å². The van der Waals surface area contributed by atoms with Crippen molar-refractivity contribution in [1.82, 2.24) is 10.6 Å². The van der Waals surface area contributed by atoms with Crippen LogP contribution in [-0.2, 0) is 11.3 Å². The molecule has 130 valence electrons. The Hall–Kier alpha value is -1.02. The van der Waals surface area contributed by atoms with Gasteiger partial charge in [0, 0.05) is 25.2 Å². The minimum Gasteiger partial charge on any atom is -0.496 e. The van der Waals surface area contributed by atoms with Crippen LogP contribution in [0.4, 0.5) is 0 Å². The number of guanidine groups is 1. The molecule has 1 aromatic carbocycles. The number of nitrogens with one attached hydrogen (secondary N) is 2. The Morgan fingerprint density at radius 1 is 1.26 bits per heavy atom. The van der Waals surface area contributed by atoms with Crippen LogP contribution in [0.2, 0.25) is 0 Å². The third kappa shape index (κ3) is 6.95. The molecule has 0 aliphatic heterocycles. The normalized spacial score (nSPS) is 15.1. The second kappa shape index (κ2) is 11.5. The summed E-state index contributed by atoms with van der Waals surface area (Å²) in [5, 5.41) is 6.75. The van der Waals surface area contributed by atoms with Gasteiger partial charge in [0.15, 0.2) is 5.96 Å². The van der Waals surface area contributed by atoms with Crippen molar-refractivity contribution < 1.29 is 9.47 Å². The molecule has 1 fully saturated rings. The number of hydrogen-bond acceptors (Lipinski definition) is 3. The fraction of sp³-hybridized carbons (Fsp3) is 0.588. The zero-order valence-electron chi connectivity index (χ0n) is 14.0. The molecule has 1 aliphatic rings.